The second-order valence-electron chi connectivity index (χ2n) is 5.78. The van der Waals surface area contributed by atoms with E-state index in [1.165, 1.54) is 47.5 Å². The fourth-order valence-corrected chi connectivity index (χ4v) is 3.70. The lowest BCUT2D eigenvalue weighted by molar-refractivity contribution is 0.317. The Kier molecular flexibility index (Phi) is 1.78. The van der Waals surface area contributed by atoms with Crippen LogP contribution in [0.3, 0.4) is 0 Å². The van der Waals surface area contributed by atoms with Gasteiger partial charge in [0.2, 0.25) is 0 Å². The van der Waals surface area contributed by atoms with Gasteiger partial charge in [-0.2, -0.15) is 0 Å². The molecule has 1 aromatic carbocycles. The SMILES string of the molecule is Cc1ccc2c(c1C)N=C1C3CCC(C3)N1C2. The van der Waals surface area contributed by atoms with E-state index in [-0.39, 0.29) is 0 Å². The average Bonchev–Trinajstić information content (AvgIpc) is 2.94. The molecule has 2 heterocycles. The van der Waals surface area contributed by atoms with Gasteiger partial charge in [-0.25, -0.2) is 4.99 Å². The van der Waals surface area contributed by atoms with Crippen LogP contribution in [0.4, 0.5) is 5.69 Å². The van der Waals surface area contributed by atoms with Crippen LogP contribution in [0.25, 0.3) is 0 Å². The van der Waals surface area contributed by atoms with Crippen molar-refractivity contribution in [2.45, 2.75) is 45.7 Å². The molecule has 2 bridgehead atoms. The highest BCUT2D eigenvalue weighted by molar-refractivity contribution is 5.92. The second-order valence-corrected chi connectivity index (χ2v) is 5.78. The molecule has 1 aromatic rings. The first kappa shape index (κ1) is 9.69. The molecule has 0 spiro atoms. The molecule has 0 N–H and O–H groups in total. The number of hydrogen-bond acceptors (Lipinski definition) is 2. The van der Waals surface area contributed by atoms with Crippen LogP contribution in [-0.4, -0.2) is 16.8 Å². The summed E-state index contributed by atoms with van der Waals surface area (Å²) >= 11 is 0. The summed E-state index contributed by atoms with van der Waals surface area (Å²) in [4.78, 5) is 7.55. The zero-order valence-corrected chi connectivity index (χ0v) is 10.5. The number of aryl methyl sites for hydroxylation is 1. The average molecular weight is 226 g/mol. The van der Waals surface area contributed by atoms with Crippen LogP contribution < -0.4 is 0 Å². The highest BCUT2D eigenvalue weighted by Crippen LogP contribution is 2.45. The molecule has 2 unspecified atom stereocenters. The molecule has 1 aliphatic carbocycles. The van der Waals surface area contributed by atoms with Crippen molar-refractivity contribution in [3.05, 3.63) is 28.8 Å². The third kappa shape index (κ3) is 1.18. The fraction of sp³-hybridized carbons (Fsp3) is 0.533. The van der Waals surface area contributed by atoms with Crippen molar-refractivity contribution in [3.8, 4) is 0 Å². The van der Waals surface area contributed by atoms with Gasteiger partial charge in [-0.05, 0) is 49.8 Å². The number of rotatable bonds is 0. The van der Waals surface area contributed by atoms with Gasteiger partial charge in [-0.1, -0.05) is 12.1 Å². The normalized spacial score (nSPS) is 29.1. The van der Waals surface area contributed by atoms with Crippen LogP contribution in [-0.2, 0) is 6.54 Å². The summed E-state index contributed by atoms with van der Waals surface area (Å²) in [5.74, 6) is 2.15. The van der Waals surface area contributed by atoms with E-state index in [2.05, 4.69) is 30.9 Å². The van der Waals surface area contributed by atoms with Crippen LogP contribution in [0.2, 0.25) is 0 Å². The van der Waals surface area contributed by atoms with Gasteiger partial charge in [0.25, 0.3) is 0 Å². The third-order valence-corrected chi connectivity index (χ3v) is 4.86. The molecule has 2 heteroatoms. The summed E-state index contributed by atoms with van der Waals surface area (Å²) in [6.45, 7) is 5.49. The smallest absolute Gasteiger partial charge is 0.109 e. The lowest BCUT2D eigenvalue weighted by Crippen LogP contribution is -2.38. The van der Waals surface area contributed by atoms with Gasteiger partial charge in [0.05, 0.1) is 5.69 Å². The zero-order valence-electron chi connectivity index (χ0n) is 10.5. The number of benzene rings is 1. The monoisotopic (exact) mass is 226 g/mol. The number of amidine groups is 1. The van der Waals surface area contributed by atoms with E-state index in [0.29, 0.717) is 0 Å². The topological polar surface area (TPSA) is 15.6 Å². The van der Waals surface area contributed by atoms with Gasteiger partial charge in [0, 0.05) is 18.5 Å². The Morgan fingerprint density at radius 1 is 1.24 bits per heavy atom. The maximum atomic E-state index is 4.99. The molecule has 2 aliphatic heterocycles. The van der Waals surface area contributed by atoms with Crippen molar-refractivity contribution < 1.29 is 0 Å². The first-order valence-electron chi connectivity index (χ1n) is 6.68. The van der Waals surface area contributed by atoms with Gasteiger partial charge in [-0.15, -0.1) is 0 Å². The Balaban J connectivity index is 1.88. The Morgan fingerprint density at radius 3 is 3.00 bits per heavy atom. The van der Waals surface area contributed by atoms with Gasteiger partial charge >= 0.3 is 0 Å². The second kappa shape index (κ2) is 3.12. The first-order chi connectivity index (χ1) is 8.24. The molecule has 2 nitrogen and oxygen atoms in total. The first-order valence-corrected chi connectivity index (χ1v) is 6.68. The van der Waals surface area contributed by atoms with Crippen LogP contribution >= 0.6 is 0 Å². The van der Waals surface area contributed by atoms with Crippen LogP contribution in [0, 0.1) is 19.8 Å². The highest BCUT2D eigenvalue weighted by atomic mass is 15.3. The summed E-state index contributed by atoms with van der Waals surface area (Å²) < 4.78 is 0. The van der Waals surface area contributed by atoms with E-state index in [1.54, 1.807) is 0 Å². The number of aliphatic imine (C=N–C) groups is 1. The van der Waals surface area contributed by atoms with Crippen LogP contribution in [0.5, 0.6) is 0 Å². The summed E-state index contributed by atoms with van der Waals surface area (Å²) in [5.41, 5.74) is 5.43. The van der Waals surface area contributed by atoms with Gasteiger partial charge < -0.3 is 4.90 Å². The van der Waals surface area contributed by atoms with Crippen molar-refractivity contribution in [3.63, 3.8) is 0 Å². The third-order valence-electron chi connectivity index (χ3n) is 4.86. The molecule has 0 aromatic heterocycles. The van der Waals surface area contributed by atoms with E-state index < -0.39 is 0 Å². The Bertz CT molecular complexity index is 530. The molecule has 4 rings (SSSR count). The quantitative estimate of drug-likeness (QED) is 0.662. The van der Waals surface area contributed by atoms with Gasteiger partial charge in [-0.3, -0.25) is 0 Å². The highest BCUT2D eigenvalue weighted by Gasteiger charge is 2.44. The van der Waals surface area contributed by atoms with E-state index in [1.807, 2.05) is 0 Å². The molecule has 0 radical (unpaired) electrons. The minimum absolute atomic E-state index is 0.757. The van der Waals surface area contributed by atoms with Crippen molar-refractivity contribution in [2.24, 2.45) is 10.9 Å². The van der Waals surface area contributed by atoms with Crippen molar-refractivity contribution >= 4 is 11.5 Å². The van der Waals surface area contributed by atoms with E-state index in [9.17, 15) is 0 Å². The number of fused-ring (bicyclic) bond motifs is 6. The lowest BCUT2D eigenvalue weighted by Gasteiger charge is -2.34. The van der Waals surface area contributed by atoms with Crippen molar-refractivity contribution in [1.82, 2.24) is 4.90 Å². The molecular formula is C15H18N2. The molecule has 2 fully saturated rings. The molecule has 1 saturated carbocycles. The summed E-state index contributed by atoms with van der Waals surface area (Å²) in [6.07, 6.45) is 4.09. The number of piperidine rings is 1. The lowest BCUT2D eigenvalue weighted by atomic mass is 9.99. The molecule has 1 saturated heterocycles. The zero-order chi connectivity index (χ0) is 11.6. The standard InChI is InChI=1S/C15H18N2/c1-9-3-4-12-8-17-13-6-5-11(7-13)15(17)16-14(12)10(9)2/h3-4,11,13H,5-8H2,1-2H3. The minimum atomic E-state index is 0.757. The predicted octanol–water partition coefficient (Wildman–Crippen LogP) is 3.33. The van der Waals surface area contributed by atoms with E-state index in [4.69, 9.17) is 4.99 Å². The van der Waals surface area contributed by atoms with Gasteiger partial charge in [0.15, 0.2) is 0 Å². The molecule has 88 valence electrons. The summed E-state index contributed by atoms with van der Waals surface area (Å²) in [7, 11) is 0. The van der Waals surface area contributed by atoms with Crippen LogP contribution in [0.15, 0.2) is 17.1 Å². The molecular weight excluding hydrogens is 208 g/mol. The Hall–Kier alpha value is -1.31. The van der Waals surface area contributed by atoms with E-state index in [0.717, 1.165) is 18.5 Å². The molecule has 17 heavy (non-hydrogen) atoms. The van der Waals surface area contributed by atoms with Crippen LogP contribution in [0.1, 0.15) is 36.0 Å². The largest absolute Gasteiger partial charge is 0.352 e. The summed E-state index contributed by atoms with van der Waals surface area (Å²) in [6, 6.07) is 5.29. The van der Waals surface area contributed by atoms with Crippen molar-refractivity contribution in [1.29, 1.82) is 0 Å². The van der Waals surface area contributed by atoms with Crippen molar-refractivity contribution in [2.75, 3.05) is 0 Å². The Morgan fingerprint density at radius 2 is 2.12 bits per heavy atom. The molecule has 2 atom stereocenters. The maximum absolute atomic E-state index is 4.99. The molecule has 0 amide bonds. The summed E-state index contributed by atoms with van der Waals surface area (Å²) in [5, 5.41) is 0. The van der Waals surface area contributed by atoms with E-state index >= 15 is 0 Å². The minimum Gasteiger partial charge on any atom is -0.352 e. The molecule has 3 aliphatic rings. The number of nitrogens with zero attached hydrogens (tertiary/aromatic N) is 2. The maximum Gasteiger partial charge on any atom is 0.109 e. The van der Waals surface area contributed by atoms with Gasteiger partial charge in [0.1, 0.15) is 5.84 Å². The predicted molar refractivity (Wildman–Crippen MR) is 69.7 cm³/mol. The number of hydrogen-bond donors (Lipinski definition) is 0. The Labute approximate surface area is 102 Å². The fourth-order valence-electron chi connectivity index (χ4n) is 3.70.